The number of amides is 2. The summed E-state index contributed by atoms with van der Waals surface area (Å²) in [6.45, 7) is 2.69. The number of aliphatic carboxylic acids is 1. The Morgan fingerprint density at radius 1 is 1.31 bits per heavy atom. The molecule has 7 nitrogen and oxygen atoms in total. The molecule has 7 heteroatoms. The molecule has 142 valence electrons. The van der Waals surface area contributed by atoms with Gasteiger partial charge >= 0.3 is 5.97 Å². The van der Waals surface area contributed by atoms with Crippen LogP contribution in [0.4, 0.5) is 0 Å². The number of carboxylic acid groups (broad SMARTS) is 1. The van der Waals surface area contributed by atoms with Crippen molar-refractivity contribution >= 4 is 17.8 Å². The maximum Gasteiger partial charge on any atom is 0.305 e. The minimum atomic E-state index is -1.01. The second-order valence-corrected chi connectivity index (χ2v) is 7.01. The first kappa shape index (κ1) is 19.9. The van der Waals surface area contributed by atoms with Gasteiger partial charge in [0.2, 0.25) is 5.91 Å². The van der Waals surface area contributed by atoms with Crippen molar-refractivity contribution in [2.24, 2.45) is 5.92 Å². The number of likely N-dealkylation sites (tertiary alicyclic amines) is 1. The van der Waals surface area contributed by atoms with Crippen LogP contribution >= 0.6 is 0 Å². The van der Waals surface area contributed by atoms with Gasteiger partial charge in [-0.25, -0.2) is 0 Å². The van der Waals surface area contributed by atoms with Crippen molar-refractivity contribution in [2.75, 3.05) is 26.8 Å². The lowest BCUT2D eigenvalue weighted by atomic mass is 9.93. The average Bonchev–Trinajstić information content (AvgIpc) is 2.61. The van der Waals surface area contributed by atoms with E-state index < -0.39 is 11.5 Å². The van der Waals surface area contributed by atoms with Crippen molar-refractivity contribution in [1.82, 2.24) is 10.2 Å². The molecule has 1 aromatic rings. The zero-order valence-corrected chi connectivity index (χ0v) is 15.2. The highest BCUT2D eigenvalue weighted by molar-refractivity contribution is 5.94. The molecule has 0 spiro atoms. The fourth-order valence-corrected chi connectivity index (χ4v) is 3.32. The number of carboxylic acids is 1. The number of ether oxygens (including phenoxy) is 1. The molecular formula is C19H26N2O5. The van der Waals surface area contributed by atoms with E-state index in [1.165, 1.54) is 7.11 Å². The van der Waals surface area contributed by atoms with Crippen molar-refractivity contribution in [3.8, 4) is 0 Å². The predicted molar refractivity (Wildman–Crippen MR) is 95.7 cm³/mol. The molecule has 1 saturated heterocycles. The molecule has 0 aliphatic carbocycles. The summed E-state index contributed by atoms with van der Waals surface area (Å²) in [5, 5.41) is 11.9. The third-order valence-electron chi connectivity index (χ3n) is 4.53. The monoisotopic (exact) mass is 362 g/mol. The Balaban J connectivity index is 2.02. The summed E-state index contributed by atoms with van der Waals surface area (Å²) in [5.74, 6) is -1.69. The van der Waals surface area contributed by atoms with Gasteiger partial charge in [-0.1, -0.05) is 18.2 Å². The lowest BCUT2D eigenvalue weighted by Gasteiger charge is -2.35. The second kappa shape index (κ2) is 8.80. The highest BCUT2D eigenvalue weighted by atomic mass is 16.5. The number of hydrogen-bond acceptors (Lipinski definition) is 4. The molecule has 1 aliphatic heterocycles. The van der Waals surface area contributed by atoms with Crippen LogP contribution < -0.4 is 5.32 Å². The molecule has 2 unspecified atom stereocenters. The fraction of sp³-hybridized carbons (Fsp3) is 0.526. The first-order valence-corrected chi connectivity index (χ1v) is 8.72. The summed E-state index contributed by atoms with van der Waals surface area (Å²) in [5.41, 5.74) is -0.382. The van der Waals surface area contributed by atoms with E-state index in [0.29, 0.717) is 25.1 Å². The van der Waals surface area contributed by atoms with Crippen LogP contribution in [0.2, 0.25) is 0 Å². The van der Waals surface area contributed by atoms with Crippen LogP contribution in [-0.4, -0.2) is 60.1 Å². The quantitative estimate of drug-likeness (QED) is 0.767. The topological polar surface area (TPSA) is 95.9 Å². The standard InChI is InChI=1S/C19H26N2O5/c1-19(13-26-2,11-16(22)23)20-17(24)15-9-6-10-21(12-15)18(25)14-7-4-3-5-8-14/h3-5,7-8,15H,6,9-13H2,1-2H3,(H,20,24)(H,22,23). The molecule has 0 radical (unpaired) electrons. The number of methoxy groups -OCH3 is 1. The zero-order valence-electron chi connectivity index (χ0n) is 15.2. The lowest BCUT2D eigenvalue weighted by Crippen LogP contribution is -2.55. The third-order valence-corrected chi connectivity index (χ3v) is 4.53. The normalized spacial score (nSPS) is 19.5. The van der Waals surface area contributed by atoms with Gasteiger partial charge in [0.1, 0.15) is 0 Å². The summed E-state index contributed by atoms with van der Waals surface area (Å²) >= 11 is 0. The summed E-state index contributed by atoms with van der Waals surface area (Å²) < 4.78 is 5.07. The van der Waals surface area contributed by atoms with Crippen LogP contribution in [0, 0.1) is 5.92 Å². The molecule has 1 aliphatic rings. The van der Waals surface area contributed by atoms with E-state index in [-0.39, 0.29) is 30.8 Å². The van der Waals surface area contributed by atoms with Crippen molar-refractivity contribution in [2.45, 2.75) is 31.7 Å². The highest BCUT2D eigenvalue weighted by Gasteiger charge is 2.34. The molecular weight excluding hydrogens is 336 g/mol. The van der Waals surface area contributed by atoms with Crippen LogP contribution in [0.5, 0.6) is 0 Å². The van der Waals surface area contributed by atoms with Crippen molar-refractivity contribution < 1.29 is 24.2 Å². The Morgan fingerprint density at radius 2 is 2.00 bits per heavy atom. The van der Waals surface area contributed by atoms with Gasteiger partial charge in [0.15, 0.2) is 0 Å². The van der Waals surface area contributed by atoms with Crippen LogP contribution in [0.15, 0.2) is 30.3 Å². The van der Waals surface area contributed by atoms with E-state index in [4.69, 9.17) is 9.84 Å². The molecule has 26 heavy (non-hydrogen) atoms. The lowest BCUT2D eigenvalue weighted by molar-refractivity contribution is -0.140. The van der Waals surface area contributed by atoms with Gasteiger partial charge in [-0.05, 0) is 31.9 Å². The van der Waals surface area contributed by atoms with Crippen LogP contribution in [0.1, 0.15) is 36.5 Å². The Labute approximate surface area is 153 Å². The predicted octanol–water partition coefficient (Wildman–Crippen LogP) is 1.53. The molecule has 0 aromatic heterocycles. The van der Waals surface area contributed by atoms with Gasteiger partial charge < -0.3 is 20.1 Å². The average molecular weight is 362 g/mol. The largest absolute Gasteiger partial charge is 0.481 e. The van der Waals surface area contributed by atoms with E-state index in [1.54, 1.807) is 24.0 Å². The Kier molecular flexibility index (Phi) is 6.74. The maximum atomic E-state index is 12.7. The van der Waals surface area contributed by atoms with E-state index in [1.807, 2.05) is 18.2 Å². The van der Waals surface area contributed by atoms with Gasteiger partial charge in [0, 0.05) is 25.8 Å². The van der Waals surface area contributed by atoms with Gasteiger partial charge in [-0.2, -0.15) is 0 Å². The number of carbonyl (C=O) groups is 3. The summed E-state index contributed by atoms with van der Waals surface area (Å²) in [7, 11) is 1.47. The third kappa shape index (κ3) is 5.29. The van der Waals surface area contributed by atoms with Crippen molar-refractivity contribution in [3.63, 3.8) is 0 Å². The second-order valence-electron chi connectivity index (χ2n) is 7.01. The number of piperidine rings is 1. The van der Waals surface area contributed by atoms with E-state index in [9.17, 15) is 14.4 Å². The maximum absolute atomic E-state index is 12.7. The van der Waals surface area contributed by atoms with Gasteiger partial charge in [0.25, 0.3) is 5.91 Å². The molecule has 1 fully saturated rings. The number of hydrogen-bond donors (Lipinski definition) is 2. The summed E-state index contributed by atoms with van der Waals surface area (Å²) in [6.07, 6.45) is 1.17. The number of nitrogens with zero attached hydrogens (tertiary/aromatic N) is 1. The Bertz CT molecular complexity index is 649. The number of carbonyl (C=O) groups excluding carboxylic acids is 2. The Hall–Kier alpha value is -2.41. The van der Waals surface area contributed by atoms with Gasteiger partial charge in [0.05, 0.1) is 24.5 Å². The number of nitrogens with one attached hydrogen (secondary N) is 1. The smallest absolute Gasteiger partial charge is 0.305 e. The first-order chi connectivity index (χ1) is 12.3. The molecule has 1 aromatic carbocycles. The van der Waals surface area contributed by atoms with Gasteiger partial charge in [-0.15, -0.1) is 0 Å². The first-order valence-electron chi connectivity index (χ1n) is 8.72. The molecule has 0 bridgehead atoms. The number of rotatable bonds is 7. The molecule has 2 amide bonds. The highest BCUT2D eigenvalue weighted by Crippen LogP contribution is 2.21. The SMILES string of the molecule is COCC(C)(CC(=O)O)NC(=O)C1CCCN(C(=O)c2ccccc2)C1. The van der Waals surface area contributed by atoms with E-state index >= 15 is 0 Å². The minimum Gasteiger partial charge on any atom is -0.481 e. The van der Waals surface area contributed by atoms with Crippen LogP contribution in [0.25, 0.3) is 0 Å². The fourth-order valence-electron chi connectivity index (χ4n) is 3.32. The molecule has 2 atom stereocenters. The summed E-state index contributed by atoms with van der Waals surface area (Å²) in [6, 6.07) is 8.98. The summed E-state index contributed by atoms with van der Waals surface area (Å²) in [4.78, 5) is 38.0. The number of benzene rings is 1. The molecule has 1 heterocycles. The van der Waals surface area contributed by atoms with E-state index in [2.05, 4.69) is 5.32 Å². The van der Waals surface area contributed by atoms with Crippen molar-refractivity contribution in [3.05, 3.63) is 35.9 Å². The molecule has 0 saturated carbocycles. The minimum absolute atomic E-state index is 0.0895. The van der Waals surface area contributed by atoms with Crippen LogP contribution in [-0.2, 0) is 14.3 Å². The van der Waals surface area contributed by atoms with Gasteiger partial charge in [-0.3, -0.25) is 14.4 Å². The van der Waals surface area contributed by atoms with Crippen LogP contribution in [0.3, 0.4) is 0 Å². The zero-order chi connectivity index (χ0) is 19.2. The van der Waals surface area contributed by atoms with Crippen molar-refractivity contribution in [1.29, 1.82) is 0 Å². The van der Waals surface area contributed by atoms with E-state index in [0.717, 1.165) is 6.42 Å². The Morgan fingerprint density at radius 3 is 2.62 bits per heavy atom. The molecule has 2 rings (SSSR count). The molecule has 2 N–H and O–H groups in total.